The Morgan fingerprint density at radius 1 is 1.25 bits per heavy atom. The van der Waals surface area contributed by atoms with E-state index >= 15 is 0 Å². The summed E-state index contributed by atoms with van der Waals surface area (Å²) in [6.07, 6.45) is 0.878. The highest BCUT2D eigenvalue weighted by molar-refractivity contribution is 6.04. The fourth-order valence-electron chi connectivity index (χ4n) is 1.40. The van der Waals surface area contributed by atoms with Crippen LogP contribution in [0.1, 0.15) is 10.4 Å². The molecular formula is C10H5F2NO3. The lowest BCUT2D eigenvalue weighted by Crippen LogP contribution is -2.00. The molecule has 0 atom stereocenters. The quantitative estimate of drug-likeness (QED) is 0.777. The van der Waals surface area contributed by atoms with Crippen LogP contribution in [0, 0.1) is 11.6 Å². The summed E-state index contributed by atoms with van der Waals surface area (Å²) in [4.78, 5) is 14.4. The van der Waals surface area contributed by atoms with Crippen molar-refractivity contribution in [2.24, 2.45) is 0 Å². The van der Waals surface area contributed by atoms with Gasteiger partial charge in [-0.1, -0.05) is 0 Å². The zero-order valence-corrected chi connectivity index (χ0v) is 7.74. The summed E-state index contributed by atoms with van der Waals surface area (Å²) in [5.74, 6) is -4.34. The monoisotopic (exact) mass is 225 g/mol. The lowest BCUT2D eigenvalue weighted by atomic mass is 10.1. The van der Waals surface area contributed by atoms with Crippen LogP contribution >= 0.6 is 0 Å². The molecule has 0 fully saturated rings. The smallest absolute Gasteiger partial charge is 0.340 e. The molecule has 2 rings (SSSR count). The Kier molecular flexibility index (Phi) is 2.19. The summed E-state index contributed by atoms with van der Waals surface area (Å²) < 4.78 is 25.8. The van der Waals surface area contributed by atoms with Gasteiger partial charge in [-0.2, -0.15) is 0 Å². The highest BCUT2D eigenvalue weighted by Gasteiger charge is 2.17. The normalized spacial score (nSPS) is 10.6. The third-order valence-corrected chi connectivity index (χ3v) is 2.10. The fraction of sp³-hybridized carbons (Fsp3) is 0. The molecule has 1 aromatic carbocycles. The molecule has 0 aliphatic rings. The van der Waals surface area contributed by atoms with E-state index in [1.165, 1.54) is 0 Å². The van der Waals surface area contributed by atoms with Crippen LogP contribution in [0.3, 0.4) is 0 Å². The van der Waals surface area contributed by atoms with Gasteiger partial charge in [0.25, 0.3) is 0 Å². The van der Waals surface area contributed by atoms with E-state index < -0.39 is 28.9 Å². The van der Waals surface area contributed by atoms with E-state index in [0.717, 1.165) is 12.3 Å². The van der Waals surface area contributed by atoms with Gasteiger partial charge in [0.1, 0.15) is 11.3 Å². The lowest BCUT2D eigenvalue weighted by molar-refractivity contribution is 0.0696. The first-order valence-corrected chi connectivity index (χ1v) is 4.20. The van der Waals surface area contributed by atoms with Gasteiger partial charge in [-0.25, -0.2) is 13.6 Å². The molecule has 0 saturated carbocycles. The van der Waals surface area contributed by atoms with Crippen molar-refractivity contribution in [3.8, 4) is 5.75 Å². The molecule has 0 spiro atoms. The van der Waals surface area contributed by atoms with Crippen LogP contribution < -0.4 is 0 Å². The maximum atomic E-state index is 12.9. The summed E-state index contributed by atoms with van der Waals surface area (Å²) >= 11 is 0. The predicted octanol–water partition coefficient (Wildman–Crippen LogP) is 1.92. The molecule has 16 heavy (non-hydrogen) atoms. The second kappa shape index (κ2) is 3.41. The number of aromatic hydroxyl groups is 1. The number of carboxylic acid groups (broad SMARTS) is 1. The summed E-state index contributed by atoms with van der Waals surface area (Å²) in [6, 6.07) is 1.47. The third-order valence-electron chi connectivity index (χ3n) is 2.10. The number of carboxylic acids is 1. The minimum absolute atomic E-state index is 0.0332. The first-order chi connectivity index (χ1) is 7.50. The largest absolute Gasteiger partial charge is 0.505 e. The number of aromatic nitrogens is 1. The molecule has 82 valence electrons. The van der Waals surface area contributed by atoms with Gasteiger partial charge >= 0.3 is 5.97 Å². The SMILES string of the molecule is O=C(O)c1c(O)cnc2cc(F)c(F)cc12. The first-order valence-electron chi connectivity index (χ1n) is 4.20. The van der Waals surface area contributed by atoms with E-state index in [2.05, 4.69) is 4.98 Å². The van der Waals surface area contributed by atoms with E-state index in [1.54, 1.807) is 0 Å². The predicted molar refractivity (Wildman–Crippen MR) is 50.3 cm³/mol. The number of carbonyl (C=O) groups is 1. The summed E-state index contributed by atoms with van der Waals surface area (Å²) in [7, 11) is 0. The number of benzene rings is 1. The van der Waals surface area contributed by atoms with Gasteiger partial charge in [-0.15, -0.1) is 0 Å². The zero-order valence-electron chi connectivity index (χ0n) is 7.74. The molecule has 6 heteroatoms. The first kappa shape index (κ1) is 10.3. The number of pyridine rings is 1. The van der Waals surface area contributed by atoms with E-state index in [9.17, 15) is 18.7 Å². The Bertz CT molecular complexity index is 598. The van der Waals surface area contributed by atoms with Gasteiger partial charge < -0.3 is 10.2 Å². The molecule has 0 aliphatic heterocycles. The molecule has 2 N–H and O–H groups in total. The molecule has 4 nitrogen and oxygen atoms in total. The molecule has 1 aromatic heterocycles. The summed E-state index contributed by atoms with van der Waals surface area (Å²) in [6.45, 7) is 0. The fourth-order valence-corrected chi connectivity index (χ4v) is 1.40. The van der Waals surface area contributed by atoms with E-state index in [-0.39, 0.29) is 10.9 Å². The van der Waals surface area contributed by atoms with Crippen LogP contribution in [0.4, 0.5) is 8.78 Å². The molecule has 0 bridgehead atoms. The van der Waals surface area contributed by atoms with Crippen LogP contribution in [0.15, 0.2) is 18.3 Å². The number of rotatable bonds is 1. The van der Waals surface area contributed by atoms with E-state index in [1.807, 2.05) is 0 Å². The minimum Gasteiger partial charge on any atom is -0.505 e. The Morgan fingerprint density at radius 2 is 1.88 bits per heavy atom. The molecule has 0 radical (unpaired) electrons. The molecular weight excluding hydrogens is 220 g/mol. The van der Waals surface area contributed by atoms with Crippen LogP contribution in [-0.2, 0) is 0 Å². The summed E-state index contributed by atoms with van der Waals surface area (Å²) in [5.41, 5.74) is -0.530. The average Bonchev–Trinajstić information content (AvgIpc) is 2.20. The van der Waals surface area contributed by atoms with E-state index in [0.29, 0.717) is 6.07 Å². The van der Waals surface area contributed by atoms with Gasteiger partial charge in [0.2, 0.25) is 0 Å². The number of hydrogen-bond acceptors (Lipinski definition) is 3. The van der Waals surface area contributed by atoms with Crippen molar-refractivity contribution in [1.29, 1.82) is 0 Å². The van der Waals surface area contributed by atoms with Crippen molar-refractivity contribution in [1.82, 2.24) is 4.98 Å². The van der Waals surface area contributed by atoms with Crippen molar-refractivity contribution in [3.63, 3.8) is 0 Å². The van der Waals surface area contributed by atoms with Crippen molar-refractivity contribution >= 4 is 16.9 Å². The van der Waals surface area contributed by atoms with Gasteiger partial charge in [0, 0.05) is 11.5 Å². The Balaban J connectivity index is 2.92. The van der Waals surface area contributed by atoms with E-state index in [4.69, 9.17) is 5.11 Å². The highest BCUT2D eigenvalue weighted by Crippen LogP contribution is 2.26. The van der Waals surface area contributed by atoms with Crippen LogP contribution in [-0.4, -0.2) is 21.2 Å². The van der Waals surface area contributed by atoms with Crippen molar-refractivity contribution < 1.29 is 23.8 Å². The third kappa shape index (κ3) is 1.44. The molecule has 0 aliphatic carbocycles. The van der Waals surface area contributed by atoms with Crippen LogP contribution in [0.2, 0.25) is 0 Å². The standard InChI is InChI=1S/C10H5F2NO3/c11-5-1-4-7(2-6(5)12)13-3-8(14)9(4)10(15)16/h1-3,14H,(H,15,16). The Labute approximate surface area is 87.8 Å². The molecule has 2 aromatic rings. The van der Waals surface area contributed by atoms with Gasteiger partial charge in [0.15, 0.2) is 11.6 Å². The van der Waals surface area contributed by atoms with Crippen LogP contribution in [0.5, 0.6) is 5.75 Å². The number of nitrogens with zero attached hydrogens (tertiary/aromatic N) is 1. The Morgan fingerprint density at radius 3 is 2.50 bits per heavy atom. The number of aromatic carboxylic acids is 1. The maximum absolute atomic E-state index is 12.9. The van der Waals surface area contributed by atoms with Crippen molar-refractivity contribution in [2.45, 2.75) is 0 Å². The van der Waals surface area contributed by atoms with Gasteiger partial charge in [-0.3, -0.25) is 4.98 Å². The average molecular weight is 225 g/mol. The molecule has 0 saturated heterocycles. The van der Waals surface area contributed by atoms with Gasteiger partial charge in [0.05, 0.1) is 11.7 Å². The molecule has 1 heterocycles. The Hall–Kier alpha value is -2.24. The van der Waals surface area contributed by atoms with Gasteiger partial charge in [-0.05, 0) is 6.07 Å². The number of fused-ring (bicyclic) bond motifs is 1. The topological polar surface area (TPSA) is 70.4 Å². The second-order valence-corrected chi connectivity index (χ2v) is 3.11. The lowest BCUT2D eigenvalue weighted by Gasteiger charge is -2.04. The highest BCUT2D eigenvalue weighted by atomic mass is 19.2. The zero-order chi connectivity index (χ0) is 11.9. The van der Waals surface area contributed by atoms with Crippen molar-refractivity contribution in [2.75, 3.05) is 0 Å². The van der Waals surface area contributed by atoms with Crippen molar-refractivity contribution in [3.05, 3.63) is 35.5 Å². The minimum atomic E-state index is -1.43. The van der Waals surface area contributed by atoms with Crippen LogP contribution in [0.25, 0.3) is 10.9 Å². The summed E-state index contributed by atoms with van der Waals surface area (Å²) in [5, 5.41) is 18.0. The molecule has 0 amide bonds. The number of hydrogen-bond donors (Lipinski definition) is 2. The second-order valence-electron chi connectivity index (χ2n) is 3.11. The number of halogens is 2. The molecule has 0 unspecified atom stereocenters. The maximum Gasteiger partial charge on any atom is 0.340 e.